The molecule has 0 aromatic heterocycles. The minimum absolute atomic E-state index is 0.0748. The van der Waals surface area contributed by atoms with E-state index in [2.05, 4.69) is 20.8 Å². The first-order valence-electron chi connectivity index (χ1n) is 12.1. The molecule has 0 aromatic carbocycles. The quantitative estimate of drug-likeness (QED) is 0.636. The number of rotatable bonds is 4. The van der Waals surface area contributed by atoms with Crippen LogP contribution in [0, 0.1) is 46.3 Å². The molecule has 9 atom stereocenters. The number of esters is 1. The molecule has 0 radical (unpaired) electrons. The predicted molar refractivity (Wildman–Crippen MR) is 112 cm³/mol. The number of ether oxygens (including phenoxy) is 1. The standard InChI is InChI=1S/C25H42O3/c1-16(8-11-22(27)28-4)18-9-10-19-23-20(12-14-25(18,19)3)24(2)13-6-5-7-17(24)15-21(23)26/h16-21,23,26H,5-15H2,1-4H3/t16-,17-,18-,19+,20+,21-,23+,24+,25-/m1/s1. The fourth-order valence-electron chi connectivity index (χ4n) is 8.88. The topological polar surface area (TPSA) is 46.5 Å². The molecule has 160 valence electrons. The van der Waals surface area contributed by atoms with Gasteiger partial charge in [0.1, 0.15) is 0 Å². The monoisotopic (exact) mass is 390 g/mol. The van der Waals surface area contributed by atoms with E-state index in [9.17, 15) is 9.90 Å². The maximum absolute atomic E-state index is 11.6. The molecule has 4 rings (SSSR count). The highest BCUT2D eigenvalue weighted by molar-refractivity contribution is 5.69. The summed E-state index contributed by atoms with van der Waals surface area (Å²) >= 11 is 0. The van der Waals surface area contributed by atoms with E-state index in [1.807, 2.05) is 0 Å². The van der Waals surface area contributed by atoms with Gasteiger partial charge in [0, 0.05) is 6.42 Å². The van der Waals surface area contributed by atoms with E-state index in [0.29, 0.717) is 40.9 Å². The number of hydrogen-bond donors (Lipinski definition) is 1. The van der Waals surface area contributed by atoms with Gasteiger partial charge >= 0.3 is 5.97 Å². The van der Waals surface area contributed by atoms with Crippen molar-refractivity contribution >= 4 is 5.97 Å². The lowest BCUT2D eigenvalue weighted by atomic mass is 9.44. The first-order chi connectivity index (χ1) is 13.3. The van der Waals surface area contributed by atoms with Crippen LogP contribution in [-0.2, 0) is 9.53 Å². The molecule has 0 saturated heterocycles. The Balaban J connectivity index is 1.53. The average molecular weight is 391 g/mol. The Kier molecular flexibility index (Phi) is 5.61. The zero-order valence-corrected chi connectivity index (χ0v) is 18.6. The summed E-state index contributed by atoms with van der Waals surface area (Å²) in [7, 11) is 1.49. The summed E-state index contributed by atoms with van der Waals surface area (Å²) < 4.78 is 4.87. The van der Waals surface area contributed by atoms with Crippen molar-refractivity contribution < 1.29 is 14.6 Å². The average Bonchev–Trinajstić information content (AvgIpc) is 3.03. The Hall–Kier alpha value is -0.570. The van der Waals surface area contributed by atoms with Gasteiger partial charge in [-0.25, -0.2) is 0 Å². The van der Waals surface area contributed by atoms with Gasteiger partial charge in [-0.2, -0.15) is 0 Å². The molecule has 4 aliphatic rings. The van der Waals surface area contributed by atoms with Crippen LogP contribution in [0.2, 0.25) is 0 Å². The van der Waals surface area contributed by atoms with Crippen LogP contribution < -0.4 is 0 Å². The summed E-state index contributed by atoms with van der Waals surface area (Å²) in [5.74, 6) is 3.83. The van der Waals surface area contributed by atoms with Crippen LogP contribution in [0.1, 0.15) is 91.4 Å². The van der Waals surface area contributed by atoms with Crippen LogP contribution in [0.4, 0.5) is 0 Å². The molecule has 4 saturated carbocycles. The van der Waals surface area contributed by atoms with Crippen LogP contribution in [-0.4, -0.2) is 24.3 Å². The Bertz CT molecular complexity index is 588. The number of carbonyl (C=O) groups excluding carboxylic acids is 1. The van der Waals surface area contributed by atoms with Crippen molar-refractivity contribution in [2.75, 3.05) is 7.11 Å². The molecule has 0 aromatic rings. The Morgan fingerprint density at radius 3 is 2.57 bits per heavy atom. The number of methoxy groups -OCH3 is 1. The van der Waals surface area contributed by atoms with Crippen molar-refractivity contribution in [1.82, 2.24) is 0 Å². The van der Waals surface area contributed by atoms with Crippen molar-refractivity contribution in [3.05, 3.63) is 0 Å². The normalized spacial score (nSPS) is 48.9. The lowest BCUT2D eigenvalue weighted by Crippen LogP contribution is -2.57. The summed E-state index contributed by atoms with van der Waals surface area (Å²) in [6.07, 6.45) is 13.1. The minimum atomic E-state index is -0.0880. The van der Waals surface area contributed by atoms with E-state index in [4.69, 9.17) is 4.74 Å². The molecule has 0 amide bonds. The zero-order valence-electron chi connectivity index (χ0n) is 18.6. The molecule has 1 N–H and O–H groups in total. The number of fused-ring (bicyclic) bond motifs is 5. The zero-order chi connectivity index (χ0) is 20.1. The first kappa shape index (κ1) is 20.7. The van der Waals surface area contributed by atoms with Crippen molar-refractivity contribution in [2.24, 2.45) is 46.3 Å². The molecule has 4 aliphatic carbocycles. The van der Waals surface area contributed by atoms with Crippen LogP contribution in [0.15, 0.2) is 0 Å². The molecule has 0 bridgehead atoms. The summed E-state index contributed by atoms with van der Waals surface area (Å²) in [5, 5.41) is 11.3. The molecule has 3 heteroatoms. The molecule has 0 aliphatic heterocycles. The SMILES string of the molecule is COC(=O)CC[C@@H](C)[C@H]1CC[C@H]2[C@@H]3[C@H](O)C[C@H]4CCCC[C@]4(C)[C@H]3CC[C@]12C. The summed E-state index contributed by atoms with van der Waals surface area (Å²) in [6, 6.07) is 0. The maximum Gasteiger partial charge on any atom is 0.305 e. The lowest BCUT2D eigenvalue weighted by Gasteiger charge is -2.62. The number of hydrogen-bond acceptors (Lipinski definition) is 3. The molecule has 28 heavy (non-hydrogen) atoms. The number of carbonyl (C=O) groups is 1. The van der Waals surface area contributed by atoms with E-state index in [-0.39, 0.29) is 12.1 Å². The Morgan fingerprint density at radius 1 is 1.07 bits per heavy atom. The smallest absolute Gasteiger partial charge is 0.305 e. The first-order valence-corrected chi connectivity index (χ1v) is 12.1. The fraction of sp³-hybridized carbons (Fsp3) is 0.960. The van der Waals surface area contributed by atoms with Crippen LogP contribution >= 0.6 is 0 Å². The second kappa shape index (κ2) is 7.60. The van der Waals surface area contributed by atoms with Gasteiger partial charge in [0.2, 0.25) is 0 Å². The van der Waals surface area contributed by atoms with E-state index in [0.717, 1.165) is 24.7 Å². The van der Waals surface area contributed by atoms with E-state index in [1.54, 1.807) is 0 Å². The van der Waals surface area contributed by atoms with Gasteiger partial charge in [-0.05, 0) is 97.7 Å². The van der Waals surface area contributed by atoms with Gasteiger partial charge in [0.05, 0.1) is 13.2 Å². The predicted octanol–water partition coefficient (Wildman–Crippen LogP) is 5.60. The van der Waals surface area contributed by atoms with Gasteiger partial charge in [-0.15, -0.1) is 0 Å². The highest BCUT2D eigenvalue weighted by Gasteiger charge is 2.62. The maximum atomic E-state index is 11.6. The second-order valence-corrected chi connectivity index (χ2v) is 11.4. The third-order valence-electron chi connectivity index (χ3n) is 10.4. The van der Waals surface area contributed by atoms with Crippen LogP contribution in [0.3, 0.4) is 0 Å². The summed E-state index contributed by atoms with van der Waals surface area (Å²) in [6.45, 7) is 7.46. The van der Waals surface area contributed by atoms with Crippen molar-refractivity contribution in [3.8, 4) is 0 Å². The van der Waals surface area contributed by atoms with Crippen molar-refractivity contribution in [3.63, 3.8) is 0 Å². The van der Waals surface area contributed by atoms with Crippen molar-refractivity contribution in [2.45, 2.75) is 97.5 Å². The lowest BCUT2D eigenvalue weighted by molar-refractivity contribution is -0.164. The van der Waals surface area contributed by atoms with Gasteiger partial charge in [-0.3, -0.25) is 4.79 Å². The number of aliphatic hydroxyl groups is 1. The molecule has 0 heterocycles. The van der Waals surface area contributed by atoms with Gasteiger partial charge in [0.15, 0.2) is 0 Å². The Labute approximate surface area is 172 Å². The third kappa shape index (κ3) is 3.15. The van der Waals surface area contributed by atoms with Gasteiger partial charge < -0.3 is 9.84 Å². The highest BCUT2D eigenvalue weighted by atomic mass is 16.5. The molecular formula is C25H42O3. The molecular weight excluding hydrogens is 348 g/mol. The summed E-state index contributed by atoms with van der Waals surface area (Å²) in [4.78, 5) is 11.6. The summed E-state index contributed by atoms with van der Waals surface area (Å²) in [5.41, 5.74) is 0.813. The molecule has 0 unspecified atom stereocenters. The van der Waals surface area contributed by atoms with Crippen LogP contribution in [0.5, 0.6) is 0 Å². The van der Waals surface area contributed by atoms with E-state index >= 15 is 0 Å². The minimum Gasteiger partial charge on any atom is -0.469 e. The van der Waals surface area contributed by atoms with Crippen LogP contribution in [0.25, 0.3) is 0 Å². The molecule has 3 nitrogen and oxygen atoms in total. The highest BCUT2D eigenvalue weighted by Crippen LogP contribution is 2.68. The van der Waals surface area contributed by atoms with E-state index in [1.165, 1.54) is 58.5 Å². The van der Waals surface area contributed by atoms with Crippen molar-refractivity contribution in [1.29, 1.82) is 0 Å². The van der Waals surface area contributed by atoms with Gasteiger partial charge in [0.25, 0.3) is 0 Å². The fourth-order valence-corrected chi connectivity index (χ4v) is 8.88. The molecule has 4 fully saturated rings. The third-order valence-corrected chi connectivity index (χ3v) is 10.4. The molecule has 0 spiro atoms. The number of aliphatic hydroxyl groups excluding tert-OH is 1. The Morgan fingerprint density at radius 2 is 1.82 bits per heavy atom. The largest absolute Gasteiger partial charge is 0.469 e. The second-order valence-electron chi connectivity index (χ2n) is 11.4. The van der Waals surface area contributed by atoms with Gasteiger partial charge in [-0.1, -0.05) is 33.6 Å². The van der Waals surface area contributed by atoms with E-state index < -0.39 is 0 Å².